The number of sulfone groups is 1. The summed E-state index contributed by atoms with van der Waals surface area (Å²) in [5.41, 5.74) is -2.06. The van der Waals surface area contributed by atoms with E-state index in [0.717, 1.165) is 0 Å². The molecule has 0 aliphatic carbocycles. The summed E-state index contributed by atoms with van der Waals surface area (Å²) in [6.07, 6.45) is -4.05. The van der Waals surface area contributed by atoms with Crippen molar-refractivity contribution in [2.75, 3.05) is 6.26 Å². The highest BCUT2D eigenvalue weighted by Crippen LogP contribution is 2.43. The second-order valence-electron chi connectivity index (χ2n) is 4.59. The largest absolute Gasteiger partial charge is 0.416 e. The molecule has 1 heterocycles. The monoisotopic (exact) mass is 403 g/mol. The number of H-pyrrole nitrogens is 1. The fraction of sp³-hybridized carbons (Fsp3) is 0.182. The van der Waals surface area contributed by atoms with Crippen molar-refractivity contribution in [1.29, 1.82) is 0 Å². The molecule has 24 heavy (non-hydrogen) atoms. The van der Waals surface area contributed by atoms with E-state index in [9.17, 15) is 31.7 Å². The van der Waals surface area contributed by atoms with Crippen molar-refractivity contribution >= 4 is 38.9 Å². The Labute approximate surface area is 142 Å². The molecule has 0 spiro atoms. The zero-order valence-corrected chi connectivity index (χ0v) is 13.8. The first-order chi connectivity index (χ1) is 10.8. The van der Waals surface area contributed by atoms with Crippen LogP contribution in [0.1, 0.15) is 5.56 Å². The molecule has 0 aliphatic rings. The first-order valence-electron chi connectivity index (χ1n) is 5.83. The predicted molar refractivity (Wildman–Crippen MR) is 78.8 cm³/mol. The van der Waals surface area contributed by atoms with Gasteiger partial charge in [0.15, 0.2) is 14.7 Å². The van der Waals surface area contributed by atoms with Gasteiger partial charge in [0.05, 0.1) is 15.6 Å². The van der Waals surface area contributed by atoms with Crippen LogP contribution >= 0.6 is 23.2 Å². The molecule has 1 aromatic carbocycles. The van der Waals surface area contributed by atoms with E-state index < -0.39 is 53.0 Å². The van der Waals surface area contributed by atoms with E-state index >= 15 is 0 Å². The Morgan fingerprint density at radius 1 is 1.25 bits per heavy atom. The van der Waals surface area contributed by atoms with Crippen LogP contribution in [-0.4, -0.2) is 29.8 Å². The quantitative estimate of drug-likeness (QED) is 0.620. The first-order valence-corrected chi connectivity index (χ1v) is 8.48. The van der Waals surface area contributed by atoms with Gasteiger partial charge in [-0.05, 0) is 17.1 Å². The summed E-state index contributed by atoms with van der Waals surface area (Å²) in [4.78, 5) is 9.07. The number of rotatable bonds is 3. The minimum absolute atomic E-state index is 0.365. The molecule has 0 atom stereocenters. The highest BCUT2D eigenvalue weighted by atomic mass is 35.5. The normalized spacial score (nSPS) is 12.4. The molecule has 2 aromatic rings. The molecule has 0 amide bonds. The van der Waals surface area contributed by atoms with E-state index in [1.54, 1.807) is 0 Å². The summed E-state index contributed by atoms with van der Waals surface area (Å²) >= 11 is 11.6. The van der Waals surface area contributed by atoms with Crippen molar-refractivity contribution < 1.29 is 26.5 Å². The number of nitrogens with one attached hydrogen (secondary N) is 1. The topological polar surface area (TPSA) is 106 Å². The van der Waals surface area contributed by atoms with Crippen LogP contribution in [0, 0.1) is 10.1 Å². The lowest BCUT2D eigenvalue weighted by Gasteiger charge is -2.11. The molecule has 0 unspecified atom stereocenters. The predicted octanol–water partition coefficient (Wildman–Crippen LogP) is 3.71. The van der Waals surface area contributed by atoms with Crippen molar-refractivity contribution in [3.8, 4) is 11.3 Å². The summed E-state index contributed by atoms with van der Waals surface area (Å²) in [7, 11) is -4.16. The average Bonchev–Trinajstić information content (AvgIpc) is 2.81. The van der Waals surface area contributed by atoms with Gasteiger partial charge in [-0.25, -0.2) is 8.42 Å². The standard InChI is InChI=1S/C11H6Cl2F3N3O4S/c1-24(22,23)9-8(17-18-10(9)19(20)21)7-5(12)2-4(3-6(7)13)11(14,15)16/h2-3H,1H3,(H,17,18). The summed E-state index contributed by atoms with van der Waals surface area (Å²) in [5, 5.41) is 15.2. The number of nitro groups is 1. The number of aromatic amines is 1. The van der Waals surface area contributed by atoms with E-state index in [1.165, 1.54) is 0 Å². The highest BCUT2D eigenvalue weighted by molar-refractivity contribution is 7.91. The van der Waals surface area contributed by atoms with Crippen LogP contribution < -0.4 is 0 Å². The van der Waals surface area contributed by atoms with Crippen molar-refractivity contribution in [1.82, 2.24) is 10.2 Å². The number of benzene rings is 1. The van der Waals surface area contributed by atoms with Crippen LogP contribution in [0.5, 0.6) is 0 Å². The minimum Gasteiger partial charge on any atom is -0.358 e. The summed E-state index contributed by atoms with van der Waals surface area (Å²) in [6, 6.07) is 1.05. The van der Waals surface area contributed by atoms with Crippen molar-refractivity contribution in [3.05, 3.63) is 37.9 Å². The van der Waals surface area contributed by atoms with Gasteiger partial charge < -0.3 is 10.1 Å². The van der Waals surface area contributed by atoms with Crippen LogP contribution in [0.2, 0.25) is 10.0 Å². The Morgan fingerprint density at radius 2 is 1.75 bits per heavy atom. The van der Waals surface area contributed by atoms with Crippen LogP contribution in [0.4, 0.5) is 19.0 Å². The molecule has 0 saturated carbocycles. The Hall–Kier alpha value is -1.85. The number of hydrogen-bond donors (Lipinski definition) is 1. The third-order valence-electron chi connectivity index (χ3n) is 2.86. The van der Waals surface area contributed by atoms with E-state index in [2.05, 4.69) is 5.10 Å². The van der Waals surface area contributed by atoms with Gasteiger partial charge in [0.25, 0.3) is 0 Å². The molecular formula is C11H6Cl2F3N3O4S. The number of alkyl halides is 3. The third-order valence-corrected chi connectivity index (χ3v) is 4.59. The molecule has 130 valence electrons. The van der Waals surface area contributed by atoms with Gasteiger partial charge in [0, 0.05) is 11.8 Å². The zero-order chi connectivity index (χ0) is 18.4. The van der Waals surface area contributed by atoms with E-state index in [4.69, 9.17) is 23.2 Å². The van der Waals surface area contributed by atoms with Crippen molar-refractivity contribution in [3.63, 3.8) is 0 Å². The maximum Gasteiger partial charge on any atom is 0.416 e. The number of halogens is 5. The molecule has 0 fully saturated rings. The Kier molecular flexibility index (Phi) is 4.55. The number of nitrogens with zero attached hydrogens (tertiary/aromatic N) is 2. The molecular weight excluding hydrogens is 398 g/mol. The lowest BCUT2D eigenvalue weighted by atomic mass is 10.1. The minimum atomic E-state index is -4.73. The zero-order valence-electron chi connectivity index (χ0n) is 11.5. The summed E-state index contributed by atoms with van der Waals surface area (Å²) in [6.45, 7) is 0. The summed E-state index contributed by atoms with van der Waals surface area (Å²) in [5.74, 6) is -0.945. The van der Waals surface area contributed by atoms with Crippen LogP contribution in [-0.2, 0) is 16.0 Å². The van der Waals surface area contributed by atoms with E-state index in [1.807, 2.05) is 5.10 Å². The van der Waals surface area contributed by atoms with Crippen molar-refractivity contribution in [2.24, 2.45) is 0 Å². The van der Waals surface area contributed by atoms with E-state index in [0.29, 0.717) is 18.4 Å². The van der Waals surface area contributed by atoms with Gasteiger partial charge in [0.1, 0.15) is 5.69 Å². The molecule has 0 radical (unpaired) electrons. The molecule has 13 heteroatoms. The molecule has 7 nitrogen and oxygen atoms in total. The van der Waals surface area contributed by atoms with Crippen molar-refractivity contribution in [2.45, 2.75) is 11.1 Å². The number of hydrogen-bond acceptors (Lipinski definition) is 5. The molecule has 1 aromatic heterocycles. The molecule has 2 rings (SSSR count). The van der Waals surface area contributed by atoms with Gasteiger partial charge in [-0.2, -0.15) is 13.2 Å². The van der Waals surface area contributed by atoms with Crippen LogP contribution in [0.25, 0.3) is 11.3 Å². The summed E-state index contributed by atoms with van der Waals surface area (Å²) < 4.78 is 61.9. The highest BCUT2D eigenvalue weighted by Gasteiger charge is 2.36. The van der Waals surface area contributed by atoms with Crippen LogP contribution in [0.3, 0.4) is 0 Å². The van der Waals surface area contributed by atoms with Gasteiger partial charge in [0.2, 0.25) is 0 Å². The second kappa shape index (κ2) is 5.90. The molecule has 0 bridgehead atoms. The SMILES string of the molecule is CS(=O)(=O)c1c(-c2c(Cl)cc(C(F)(F)F)cc2Cl)n[nH]c1[N+](=O)[O-]. The van der Waals surface area contributed by atoms with E-state index in [-0.39, 0.29) is 5.56 Å². The Morgan fingerprint density at radius 3 is 2.12 bits per heavy atom. The molecule has 0 aliphatic heterocycles. The Balaban J connectivity index is 2.82. The maximum atomic E-state index is 12.7. The fourth-order valence-corrected chi connectivity index (χ4v) is 3.57. The van der Waals surface area contributed by atoms with Gasteiger partial charge in [-0.3, -0.25) is 0 Å². The Bertz CT molecular complexity index is 917. The molecule has 0 saturated heterocycles. The van der Waals surface area contributed by atoms with Gasteiger partial charge in [-0.1, -0.05) is 28.3 Å². The fourth-order valence-electron chi connectivity index (χ4n) is 1.93. The average molecular weight is 404 g/mol. The first kappa shape index (κ1) is 18.5. The lowest BCUT2D eigenvalue weighted by Crippen LogP contribution is -2.06. The smallest absolute Gasteiger partial charge is 0.358 e. The molecule has 1 N–H and O–H groups in total. The third kappa shape index (κ3) is 3.32. The van der Waals surface area contributed by atoms with Crippen LogP contribution in [0.15, 0.2) is 17.0 Å². The van der Waals surface area contributed by atoms with Gasteiger partial charge in [-0.15, -0.1) is 5.10 Å². The lowest BCUT2D eigenvalue weighted by molar-refractivity contribution is -0.392. The maximum absolute atomic E-state index is 12.7. The van der Waals surface area contributed by atoms with Gasteiger partial charge >= 0.3 is 12.0 Å². The number of aromatic nitrogens is 2. The second-order valence-corrected chi connectivity index (χ2v) is 7.36.